The SMILES string of the molecule is CCC(C)N1CCN(C(=O)CCc2ccc3c(c2)CN(C(C)=O)CCO3)CC1. The van der Waals surface area contributed by atoms with Crippen molar-refractivity contribution in [3.63, 3.8) is 0 Å². The molecule has 0 radical (unpaired) electrons. The van der Waals surface area contributed by atoms with Gasteiger partial charge in [0.15, 0.2) is 0 Å². The second-order valence-corrected chi connectivity index (χ2v) is 7.91. The van der Waals surface area contributed by atoms with Gasteiger partial charge in [0.2, 0.25) is 11.8 Å². The number of aryl methyl sites for hydroxylation is 1. The van der Waals surface area contributed by atoms with E-state index in [9.17, 15) is 9.59 Å². The van der Waals surface area contributed by atoms with Crippen LogP contribution in [0.4, 0.5) is 0 Å². The molecule has 1 aromatic carbocycles. The Morgan fingerprint density at radius 1 is 1.11 bits per heavy atom. The van der Waals surface area contributed by atoms with Gasteiger partial charge >= 0.3 is 0 Å². The van der Waals surface area contributed by atoms with Crippen molar-refractivity contribution in [1.29, 1.82) is 0 Å². The van der Waals surface area contributed by atoms with Crippen molar-refractivity contribution in [1.82, 2.24) is 14.7 Å². The zero-order valence-electron chi connectivity index (χ0n) is 17.4. The molecule has 2 aliphatic rings. The number of benzene rings is 1. The van der Waals surface area contributed by atoms with Crippen molar-refractivity contribution in [2.24, 2.45) is 0 Å². The molecular weight excluding hydrogens is 354 g/mol. The van der Waals surface area contributed by atoms with Crippen LogP contribution >= 0.6 is 0 Å². The fraction of sp³-hybridized carbons (Fsp3) is 0.636. The highest BCUT2D eigenvalue weighted by molar-refractivity contribution is 5.76. The van der Waals surface area contributed by atoms with Crippen molar-refractivity contribution < 1.29 is 14.3 Å². The summed E-state index contributed by atoms with van der Waals surface area (Å²) in [5, 5.41) is 0. The topological polar surface area (TPSA) is 53.1 Å². The van der Waals surface area contributed by atoms with Crippen molar-refractivity contribution >= 4 is 11.8 Å². The van der Waals surface area contributed by atoms with Gasteiger partial charge in [-0.2, -0.15) is 0 Å². The minimum Gasteiger partial charge on any atom is -0.491 e. The highest BCUT2D eigenvalue weighted by Gasteiger charge is 2.23. The molecule has 2 aliphatic heterocycles. The smallest absolute Gasteiger partial charge is 0.222 e. The predicted molar refractivity (Wildman–Crippen MR) is 109 cm³/mol. The van der Waals surface area contributed by atoms with E-state index in [-0.39, 0.29) is 11.8 Å². The number of carbonyl (C=O) groups is 2. The Labute approximate surface area is 168 Å². The molecule has 0 aromatic heterocycles. The molecule has 1 atom stereocenters. The number of fused-ring (bicyclic) bond motifs is 1. The zero-order valence-corrected chi connectivity index (χ0v) is 17.4. The van der Waals surface area contributed by atoms with Gasteiger partial charge in [-0.25, -0.2) is 0 Å². The van der Waals surface area contributed by atoms with Crippen LogP contribution in [0.25, 0.3) is 0 Å². The third-order valence-corrected chi connectivity index (χ3v) is 6.06. The van der Waals surface area contributed by atoms with Crippen LogP contribution in [0.5, 0.6) is 5.75 Å². The van der Waals surface area contributed by atoms with Gasteiger partial charge in [-0.3, -0.25) is 14.5 Å². The summed E-state index contributed by atoms with van der Waals surface area (Å²) in [7, 11) is 0. The molecule has 1 saturated heterocycles. The maximum Gasteiger partial charge on any atom is 0.222 e. The molecule has 0 N–H and O–H groups in total. The van der Waals surface area contributed by atoms with Crippen LogP contribution in [0, 0.1) is 0 Å². The predicted octanol–water partition coefficient (Wildman–Crippen LogP) is 2.30. The lowest BCUT2D eigenvalue weighted by Gasteiger charge is -2.37. The van der Waals surface area contributed by atoms with E-state index >= 15 is 0 Å². The summed E-state index contributed by atoms with van der Waals surface area (Å²) in [6.45, 7) is 11.4. The van der Waals surface area contributed by atoms with E-state index in [1.807, 2.05) is 17.0 Å². The summed E-state index contributed by atoms with van der Waals surface area (Å²) >= 11 is 0. The average Bonchev–Trinajstić information content (AvgIpc) is 2.93. The summed E-state index contributed by atoms with van der Waals surface area (Å²) in [5.74, 6) is 1.15. The minimum atomic E-state index is 0.0635. The first kappa shape index (κ1) is 20.6. The normalized spacial score (nSPS) is 18.8. The zero-order chi connectivity index (χ0) is 20.1. The molecule has 1 unspecified atom stereocenters. The van der Waals surface area contributed by atoms with E-state index in [2.05, 4.69) is 24.8 Å². The lowest BCUT2D eigenvalue weighted by molar-refractivity contribution is -0.133. The second-order valence-electron chi connectivity index (χ2n) is 7.91. The lowest BCUT2D eigenvalue weighted by Crippen LogP contribution is -2.51. The number of ether oxygens (including phenoxy) is 1. The number of rotatable bonds is 5. The van der Waals surface area contributed by atoms with Crippen molar-refractivity contribution in [2.75, 3.05) is 39.3 Å². The number of carbonyl (C=O) groups excluding carboxylic acids is 2. The number of hydrogen-bond acceptors (Lipinski definition) is 4. The lowest BCUT2D eigenvalue weighted by atomic mass is 10.0. The van der Waals surface area contributed by atoms with E-state index in [1.54, 1.807) is 11.8 Å². The second kappa shape index (κ2) is 9.41. The van der Waals surface area contributed by atoms with Gasteiger partial charge in [0, 0.05) is 57.7 Å². The quantitative estimate of drug-likeness (QED) is 0.778. The Bertz CT molecular complexity index is 698. The highest BCUT2D eigenvalue weighted by Crippen LogP contribution is 2.25. The Kier molecular flexibility index (Phi) is 6.94. The minimum absolute atomic E-state index is 0.0635. The highest BCUT2D eigenvalue weighted by atomic mass is 16.5. The molecule has 0 spiro atoms. The molecule has 2 amide bonds. The number of hydrogen-bond donors (Lipinski definition) is 0. The molecule has 1 aromatic rings. The first-order valence-electron chi connectivity index (χ1n) is 10.5. The van der Waals surface area contributed by atoms with E-state index in [1.165, 1.54) is 0 Å². The van der Waals surface area contributed by atoms with E-state index in [4.69, 9.17) is 4.74 Å². The monoisotopic (exact) mass is 387 g/mol. The fourth-order valence-electron chi connectivity index (χ4n) is 3.95. The van der Waals surface area contributed by atoms with Crippen molar-refractivity contribution in [3.8, 4) is 5.75 Å². The van der Waals surface area contributed by atoms with Crippen molar-refractivity contribution in [2.45, 2.75) is 52.6 Å². The average molecular weight is 388 g/mol. The van der Waals surface area contributed by atoms with Gasteiger partial charge in [0.25, 0.3) is 0 Å². The molecule has 2 heterocycles. The molecular formula is C22H33N3O3. The molecule has 3 rings (SSSR count). The maximum atomic E-state index is 12.6. The van der Waals surface area contributed by atoms with E-state index in [0.717, 1.165) is 55.9 Å². The summed E-state index contributed by atoms with van der Waals surface area (Å²) in [6.07, 6.45) is 2.40. The molecule has 28 heavy (non-hydrogen) atoms. The fourth-order valence-corrected chi connectivity index (χ4v) is 3.95. The molecule has 1 fully saturated rings. The van der Waals surface area contributed by atoms with Gasteiger partial charge in [0.05, 0.1) is 6.54 Å². The van der Waals surface area contributed by atoms with Crippen LogP contribution in [0.1, 0.15) is 44.7 Å². The molecule has 154 valence electrons. The summed E-state index contributed by atoms with van der Waals surface area (Å²) < 4.78 is 5.77. The Morgan fingerprint density at radius 2 is 1.86 bits per heavy atom. The van der Waals surface area contributed by atoms with Crippen LogP contribution in [0.15, 0.2) is 18.2 Å². The van der Waals surface area contributed by atoms with Crippen LogP contribution in [0.2, 0.25) is 0 Å². The first-order chi connectivity index (χ1) is 13.5. The number of piperazine rings is 1. The van der Waals surface area contributed by atoms with Gasteiger partial charge in [0.1, 0.15) is 12.4 Å². The van der Waals surface area contributed by atoms with Crippen LogP contribution < -0.4 is 4.74 Å². The standard InChI is InChI=1S/C22H33N3O3/c1-4-17(2)23-9-11-24(12-10-23)22(27)8-6-19-5-7-21-20(15-19)16-25(18(3)26)13-14-28-21/h5,7,15,17H,4,6,8-14,16H2,1-3H3. The third-order valence-electron chi connectivity index (χ3n) is 6.06. The van der Waals surface area contributed by atoms with E-state index < -0.39 is 0 Å². The molecule has 0 aliphatic carbocycles. The Hall–Kier alpha value is -2.08. The van der Waals surface area contributed by atoms with Gasteiger partial charge in [-0.15, -0.1) is 0 Å². The van der Waals surface area contributed by atoms with E-state index in [0.29, 0.717) is 32.2 Å². The van der Waals surface area contributed by atoms with Gasteiger partial charge in [-0.1, -0.05) is 19.1 Å². The molecule has 0 saturated carbocycles. The molecule has 6 nitrogen and oxygen atoms in total. The van der Waals surface area contributed by atoms with Crippen molar-refractivity contribution in [3.05, 3.63) is 29.3 Å². The van der Waals surface area contributed by atoms with Gasteiger partial charge < -0.3 is 14.5 Å². The summed E-state index contributed by atoms with van der Waals surface area (Å²) in [6, 6.07) is 6.69. The van der Waals surface area contributed by atoms with Gasteiger partial charge in [-0.05, 0) is 31.4 Å². The maximum absolute atomic E-state index is 12.6. The summed E-state index contributed by atoms with van der Waals surface area (Å²) in [4.78, 5) is 30.6. The molecule has 0 bridgehead atoms. The Balaban J connectivity index is 1.54. The van der Waals surface area contributed by atoms with Crippen LogP contribution in [0.3, 0.4) is 0 Å². The first-order valence-corrected chi connectivity index (χ1v) is 10.5. The van der Waals surface area contributed by atoms with Crippen LogP contribution in [-0.4, -0.2) is 71.9 Å². The summed E-state index contributed by atoms with van der Waals surface area (Å²) in [5.41, 5.74) is 2.15. The number of amides is 2. The van der Waals surface area contributed by atoms with Crippen LogP contribution in [-0.2, 0) is 22.6 Å². The number of nitrogens with zero attached hydrogens (tertiary/aromatic N) is 3. The third kappa shape index (κ3) is 5.04. The largest absolute Gasteiger partial charge is 0.491 e. The molecule has 6 heteroatoms. The Morgan fingerprint density at radius 3 is 2.54 bits per heavy atom.